The number of anilines is 1. The molecule has 1 aromatic rings. The number of rotatable bonds is 3. The Hall–Kier alpha value is -1.70. The Kier molecular flexibility index (Phi) is 4.22. The predicted molar refractivity (Wildman–Crippen MR) is 71.2 cm³/mol. The molecule has 0 amide bonds. The highest BCUT2D eigenvalue weighted by molar-refractivity contribution is 5.59. The van der Waals surface area contributed by atoms with Gasteiger partial charge in [0.25, 0.3) is 0 Å². The lowest BCUT2D eigenvalue weighted by atomic mass is 10.0. The molecule has 1 aromatic carbocycles. The van der Waals surface area contributed by atoms with Crippen LogP contribution in [0.25, 0.3) is 0 Å². The van der Waals surface area contributed by atoms with Gasteiger partial charge in [-0.2, -0.15) is 18.4 Å². The summed E-state index contributed by atoms with van der Waals surface area (Å²) in [5.74, 6) is 0.674. The van der Waals surface area contributed by atoms with Crippen LogP contribution in [0, 0.1) is 17.2 Å². The Balaban J connectivity index is 2.15. The zero-order chi connectivity index (χ0) is 14.8. The molecule has 0 saturated heterocycles. The summed E-state index contributed by atoms with van der Waals surface area (Å²) in [4.78, 5) is 0. The monoisotopic (exact) mass is 282 g/mol. The topological polar surface area (TPSA) is 35.8 Å². The molecule has 2 nitrogen and oxygen atoms in total. The van der Waals surface area contributed by atoms with E-state index >= 15 is 0 Å². The van der Waals surface area contributed by atoms with Crippen molar-refractivity contribution >= 4 is 5.69 Å². The fourth-order valence-electron chi connectivity index (χ4n) is 2.74. The molecule has 0 heterocycles. The van der Waals surface area contributed by atoms with E-state index in [1.54, 1.807) is 0 Å². The summed E-state index contributed by atoms with van der Waals surface area (Å²) in [7, 11) is 0. The number of nitrogens with one attached hydrogen (secondary N) is 1. The lowest BCUT2D eigenvalue weighted by Gasteiger charge is -2.16. The van der Waals surface area contributed by atoms with Gasteiger partial charge in [-0.1, -0.05) is 13.3 Å². The fraction of sp³-hybridized carbons (Fsp3) is 0.533. The highest BCUT2D eigenvalue weighted by Crippen LogP contribution is 2.34. The number of nitriles is 1. The number of nitrogens with zero attached hydrogens (tertiary/aromatic N) is 1. The maximum absolute atomic E-state index is 12.6. The molecule has 2 atom stereocenters. The van der Waals surface area contributed by atoms with Crippen molar-refractivity contribution in [3.63, 3.8) is 0 Å². The van der Waals surface area contributed by atoms with Crippen molar-refractivity contribution in [3.8, 4) is 6.07 Å². The van der Waals surface area contributed by atoms with Crippen LogP contribution < -0.4 is 5.32 Å². The minimum Gasteiger partial charge on any atom is -0.381 e. The molecular formula is C15H17F3N2. The Labute approximate surface area is 116 Å². The van der Waals surface area contributed by atoms with Crippen LogP contribution in [-0.4, -0.2) is 6.04 Å². The van der Waals surface area contributed by atoms with E-state index in [1.165, 1.54) is 6.07 Å². The third-order valence-corrected chi connectivity index (χ3v) is 3.95. The van der Waals surface area contributed by atoms with Crippen molar-refractivity contribution in [2.75, 3.05) is 5.32 Å². The van der Waals surface area contributed by atoms with E-state index in [4.69, 9.17) is 5.26 Å². The summed E-state index contributed by atoms with van der Waals surface area (Å²) >= 11 is 0. The Morgan fingerprint density at radius 1 is 1.35 bits per heavy atom. The van der Waals surface area contributed by atoms with E-state index in [9.17, 15) is 13.2 Å². The molecule has 1 saturated carbocycles. The molecule has 0 aromatic heterocycles. The van der Waals surface area contributed by atoms with Gasteiger partial charge in [-0.15, -0.1) is 0 Å². The molecule has 0 aliphatic heterocycles. The first kappa shape index (κ1) is 14.7. The Morgan fingerprint density at radius 3 is 2.65 bits per heavy atom. The molecule has 0 spiro atoms. The average molecular weight is 282 g/mol. The minimum absolute atomic E-state index is 0.0553. The average Bonchev–Trinajstić information content (AvgIpc) is 2.85. The first-order chi connectivity index (χ1) is 9.44. The van der Waals surface area contributed by atoms with Gasteiger partial charge >= 0.3 is 6.18 Å². The van der Waals surface area contributed by atoms with Crippen LogP contribution in [0.3, 0.4) is 0 Å². The second kappa shape index (κ2) is 5.74. The lowest BCUT2D eigenvalue weighted by molar-refractivity contribution is -0.137. The largest absolute Gasteiger partial charge is 0.416 e. The third-order valence-electron chi connectivity index (χ3n) is 3.95. The van der Waals surface area contributed by atoms with Crippen LogP contribution in [0.4, 0.5) is 18.9 Å². The highest BCUT2D eigenvalue weighted by Gasteiger charge is 2.31. The summed E-state index contributed by atoms with van der Waals surface area (Å²) in [6.07, 6.45) is -0.134. The smallest absolute Gasteiger partial charge is 0.381 e. The van der Waals surface area contributed by atoms with Gasteiger partial charge in [0.05, 0.1) is 16.8 Å². The van der Waals surface area contributed by atoms with Crippen molar-refractivity contribution in [1.29, 1.82) is 5.26 Å². The second-order valence-electron chi connectivity index (χ2n) is 5.30. The lowest BCUT2D eigenvalue weighted by Crippen LogP contribution is -2.17. The van der Waals surface area contributed by atoms with Crippen molar-refractivity contribution < 1.29 is 13.2 Å². The molecule has 2 unspecified atom stereocenters. The van der Waals surface area contributed by atoms with Gasteiger partial charge < -0.3 is 5.32 Å². The van der Waals surface area contributed by atoms with Gasteiger partial charge in [0.15, 0.2) is 0 Å². The minimum atomic E-state index is -4.41. The summed E-state index contributed by atoms with van der Waals surface area (Å²) in [6.45, 7) is 2.14. The second-order valence-corrected chi connectivity index (χ2v) is 5.30. The first-order valence-corrected chi connectivity index (χ1v) is 6.82. The number of benzene rings is 1. The van der Waals surface area contributed by atoms with Gasteiger partial charge in [-0.05, 0) is 43.4 Å². The molecule has 1 aliphatic rings. The number of hydrogen-bond acceptors (Lipinski definition) is 2. The first-order valence-electron chi connectivity index (χ1n) is 6.82. The van der Waals surface area contributed by atoms with Crippen molar-refractivity contribution in [2.24, 2.45) is 5.92 Å². The van der Waals surface area contributed by atoms with Crippen molar-refractivity contribution in [3.05, 3.63) is 29.3 Å². The molecule has 5 heteroatoms. The summed E-state index contributed by atoms with van der Waals surface area (Å²) in [5.41, 5.74) is -0.223. The highest BCUT2D eigenvalue weighted by atomic mass is 19.4. The molecular weight excluding hydrogens is 265 g/mol. The van der Waals surface area contributed by atoms with Crippen molar-refractivity contribution in [1.82, 2.24) is 0 Å². The van der Waals surface area contributed by atoms with Crippen LogP contribution >= 0.6 is 0 Å². The summed E-state index contributed by atoms with van der Waals surface area (Å²) in [6, 6.07) is 5.39. The van der Waals surface area contributed by atoms with Crippen LogP contribution in [0.5, 0.6) is 0 Å². The van der Waals surface area contributed by atoms with Gasteiger partial charge in [-0.3, -0.25) is 0 Å². The summed E-state index contributed by atoms with van der Waals surface area (Å²) < 4.78 is 37.8. The van der Waals surface area contributed by atoms with E-state index in [-0.39, 0.29) is 11.6 Å². The van der Waals surface area contributed by atoms with E-state index in [2.05, 4.69) is 12.2 Å². The van der Waals surface area contributed by atoms with E-state index in [0.29, 0.717) is 11.6 Å². The van der Waals surface area contributed by atoms with Gasteiger partial charge in [0, 0.05) is 6.04 Å². The molecule has 1 aliphatic carbocycles. The maximum Gasteiger partial charge on any atom is 0.416 e. The van der Waals surface area contributed by atoms with Gasteiger partial charge in [0.1, 0.15) is 6.07 Å². The fourth-order valence-corrected chi connectivity index (χ4v) is 2.74. The van der Waals surface area contributed by atoms with Crippen LogP contribution in [0.2, 0.25) is 0 Å². The molecule has 1 fully saturated rings. The molecule has 2 rings (SSSR count). The van der Waals surface area contributed by atoms with E-state index in [0.717, 1.165) is 37.8 Å². The third kappa shape index (κ3) is 3.24. The quantitative estimate of drug-likeness (QED) is 0.881. The normalized spacial score (nSPS) is 22.6. The zero-order valence-corrected chi connectivity index (χ0v) is 11.3. The van der Waals surface area contributed by atoms with Crippen molar-refractivity contribution in [2.45, 2.75) is 44.8 Å². The Morgan fingerprint density at radius 2 is 2.10 bits per heavy atom. The Bertz CT molecular complexity index is 517. The van der Waals surface area contributed by atoms with Crippen LogP contribution in [0.15, 0.2) is 18.2 Å². The SMILES string of the molecule is CCC1CCC(Nc2ccc(C(F)(F)F)cc2C#N)C1. The molecule has 1 N–H and O–H groups in total. The molecule has 0 radical (unpaired) electrons. The molecule has 0 bridgehead atoms. The summed E-state index contributed by atoms with van der Waals surface area (Å²) in [5, 5.41) is 12.2. The zero-order valence-electron chi connectivity index (χ0n) is 11.3. The maximum atomic E-state index is 12.6. The molecule has 108 valence electrons. The van der Waals surface area contributed by atoms with Gasteiger partial charge in [0.2, 0.25) is 0 Å². The van der Waals surface area contributed by atoms with Crippen LogP contribution in [-0.2, 0) is 6.18 Å². The predicted octanol–water partition coefficient (Wildman–Crippen LogP) is 4.57. The van der Waals surface area contributed by atoms with E-state index < -0.39 is 11.7 Å². The number of alkyl halides is 3. The van der Waals surface area contributed by atoms with Gasteiger partial charge in [-0.25, -0.2) is 0 Å². The number of halogens is 3. The van der Waals surface area contributed by atoms with E-state index in [1.807, 2.05) is 6.07 Å². The molecule has 20 heavy (non-hydrogen) atoms. The standard InChI is InChI=1S/C15H17F3N2/c1-2-10-3-5-13(7-10)20-14-6-4-12(15(16,17)18)8-11(14)9-19/h4,6,8,10,13,20H,2-3,5,7H2,1H3. The number of hydrogen-bond donors (Lipinski definition) is 1. The van der Waals surface area contributed by atoms with Crippen LogP contribution in [0.1, 0.15) is 43.7 Å².